The third-order valence-corrected chi connectivity index (χ3v) is 2.69. The molecule has 0 aromatic heterocycles. The Bertz CT molecular complexity index is 368. The molecule has 82 valence electrons. The van der Waals surface area contributed by atoms with Gasteiger partial charge in [-0.25, -0.2) is 0 Å². The van der Waals surface area contributed by atoms with E-state index in [-0.39, 0.29) is 12.5 Å². The van der Waals surface area contributed by atoms with Crippen molar-refractivity contribution in [2.24, 2.45) is 11.7 Å². The number of benzene rings is 1. The molecule has 1 rings (SSSR count). The average Bonchev–Trinajstić information content (AvgIpc) is 2.19. The summed E-state index contributed by atoms with van der Waals surface area (Å²) in [6.07, 6.45) is 0. The molecule has 0 saturated carbocycles. The SMILES string of the molecule is CC(COc1cccc(Cl)c1Cl)C(N)=O. The Morgan fingerprint density at radius 2 is 2.20 bits per heavy atom. The quantitative estimate of drug-likeness (QED) is 0.889. The van der Waals surface area contributed by atoms with Crippen molar-refractivity contribution in [2.75, 3.05) is 6.61 Å². The van der Waals surface area contributed by atoms with Crippen LogP contribution in [0, 0.1) is 5.92 Å². The Hall–Kier alpha value is -0.930. The first-order valence-electron chi connectivity index (χ1n) is 4.38. The maximum absolute atomic E-state index is 10.8. The number of hydrogen-bond donors (Lipinski definition) is 1. The second-order valence-electron chi connectivity index (χ2n) is 3.17. The van der Waals surface area contributed by atoms with Crippen LogP contribution in [0.5, 0.6) is 5.75 Å². The largest absolute Gasteiger partial charge is 0.491 e. The maximum Gasteiger partial charge on any atom is 0.223 e. The van der Waals surface area contributed by atoms with Gasteiger partial charge < -0.3 is 10.5 Å². The average molecular weight is 248 g/mol. The van der Waals surface area contributed by atoms with Gasteiger partial charge in [-0.15, -0.1) is 0 Å². The van der Waals surface area contributed by atoms with Crippen LogP contribution in [0.15, 0.2) is 18.2 Å². The number of amides is 1. The summed E-state index contributed by atoms with van der Waals surface area (Å²) in [6.45, 7) is 1.87. The minimum atomic E-state index is -0.409. The topological polar surface area (TPSA) is 52.3 Å². The third-order valence-electron chi connectivity index (χ3n) is 1.89. The van der Waals surface area contributed by atoms with Gasteiger partial charge >= 0.3 is 0 Å². The van der Waals surface area contributed by atoms with Crippen molar-refractivity contribution in [1.82, 2.24) is 0 Å². The van der Waals surface area contributed by atoms with Gasteiger partial charge in [0.2, 0.25) is 5.91 Å². The predicted octanol–water partition coefficient (Wildman–Crippen LogP) is 2.49. The summed E-state index contributed by atoms with van der Waals surface area (Å²) in [5, 5.41) is 0.761. The molecule has 0 aliphatic carbocycles. The molecule has 0 aliphatic rings. The van der Waals surface area contributed by atoms with Crippen LogP contribution in [-0.4, -0.2) is 12.5 Å². The second kappa shape index (κ2) is 5.24. The van der Waals surface area contributed by atoms with Crippen molar-refractivity contribution in [2.45, 2.75) is 6.92 Å². The molecule has 15 heavy (non-hydrogen) atoms. The highest BCUT2D eigenvalue weighted by Gasteiger charge is 2.11. The summed E-state index contributed by atoms with van der Waals surface area (Å²) in [7, 11) is 0. The lowest BCUT2D eigenvalue weighted by molar-refractivity contribution is -0.122. The third kappa shape index (κ3) is 3.29. The normalized spacial score (nSPS) is 12.2. The number of nitrogens with two attached hydrogens (primary N) is 1. The highest BCUT2D eigenvalue weighted by atomic mass is 35.5. The smallest absolute Gasteiger partial charge is 0.223 e. The first kappa shape index (κ1) is 12.1. The molecular weight excluding hydrogens is 237 g/mol. The van der Waals surface area contributed by atoms with Crippen LogP contribution in [0.2, 0.25) is 10.0 Å². The van der Waals surface area contributed by atoms with Crippen LogP contribution in [-0.2, 0) is 4.79 Å². The van der Waals surface area contributed by atoms with Crippen LogP contribution < -0.4 is 10.5 Å². The molecule has 0 bridgehead atoms. The standard InChI is InChI=1S/C10H11Cl2NO2/c1-6(10(13)14)5-15-8-4-2-3-7(11)9(8)12/h2-4,6H,5H2,1H3,(H2,13,14). The number of hydrogen-bond acceptors (Lipinski definition) is 2. The van der Waals surface area contributed by atoms with Crippen LogP contribution in [0.1, 0.15) is 6.92 Å². The molecule has 0 radical (unpaired) electrons. The van der Waals surface area contributed by atoms with Gasteiger partial charge in [-0.3, -0.25) is 4.79 Å². The summed E-state index contributed by atoms with van der Waals surface area (Å²) in [4.78, 5) is 10.8. The lowest BCUT2D eigenvalue weighted by Crippen LogP contribution is -2.25. The summed E-state index contributed by atoms with van der Waals surface area (Å²) < 4.78 is 5.32. The van der Waals surface area contributed by atoms with E-state index in [0.717, 1.165) is 0 Å². The molecule has 1 amide bonds. The van der Waals surface area contributed by atoms with Gasteiger partial charge in [-0.05, 0) is 12.1 Å². The summed E-state index contributed by atoms with van der Waals surface area (Å²) in [5.74, 6) is -0.314. The minimum absolute atomic E-state index is 0.190. The van der Waals surface area contributed by atoms with Gasteiger partial charge in [0.05, 0.1) is 17.5 Å². The molecule has 1 unspecified atom stereocenters. The Morgan fingerprint density at radius 1 is 1.53 bits per heavy atom. The van der Waals surface area contributed by atoms with Gasteiger partial charge in [-0.1, -0.05) is 36.2 Å². The van der Waals surface area contributed by atoms with Crippen molar-refractivity contribution in [3.05, 3.63) is 28.2 Å². The molecule has 1 aromatic carbocycles. The van der Waals surface area contributed by atoms with Crippen molar-refractivity contribution >= 4 is 29.1 Å². The number of rotatable bonds is 4. The van der Waals surface area contributed by atoms with E-state index in [1.807, 2.05) is 0 Å². The van der Waals surface area contributed by atoms with E-state index in [9.17, 15) is 4.79 Å². The van der Waals surface area contributed by atoms with Crippen LogP contribution in [0.25, 0.3) is 0 Å². The monoisotopic (exact) mass is 247 g/mol. The molecule has 0 spiro atoms. The zero-order valence-corrected chi connectivity index (χ0v) is 9.68. The van der Waals surface area contributed by atoms with Crippen LogP contribution >= 0.6 is 23.2 Å². The minimum Gasteiger partial charge on any atom is -0.491 e. The van der Waals surface area contributed by atoms with Crippen molar-refractivity contribution in [1.29, 1.82) is 0 Å². The number of primary amides is 1. The summed E-state index contributed by atoms with van der Waals surface area (Å²) in [6, 6.07) is 5.06. The van der Waals surface area contributed by atoms with Gasteiger partial charge in [0.1, 0.15) is 10.8 Å². The molecule has 5 heteroatoms. The molecular formula is C10H11Cl2NO2. The highest BCUT2D eigenvalue weighted by Crippen LogP contribution is 2.31. The molecule has 0 saturated heterocycles. The lowest BCUT2D eigenvalue weighted by Gasteiger charge is -2.11. The van der Waals surface area contributed by atoms with Gasteiger partial charge in [0.25, 0.3) is 0 Å². The molecule has 0 fully saturated rings. The van der Waals surface area contributed by atoms with E-state index < -0.39 is 5.91 Å². The van der Waals surface area contributed by atoms with Gasteiger partial charge in [0.15, 0.2) is 0 Å². The number of carbonyl (C=O) groups excluding carboxylic acids is 1. The number of halogens is 2. The summed E-state index contributed by atoms with van der Waals surface area (Å²) >= 11 is 11.7. The predicted molar refractivity (Wildman–Crippen MR) is 60.3 cm³/mol. The van der Waals surface area contributed by atoms with E-state index in [0.29, 0.717) is 15.8 Å². The maximum atomic E-state index is 10.8. The molecule has 1 aromatic rings. The van der Waals surface area contributed by atoms with E-state index in [2.05, 4.69) is 0 Å². The molecule has 0 aliphatic heterocycles. The molecule has 2 N–H and O–H groups in total. The van der Waals surface area contributed by atoms with E-state index in [1.54, 1.807) is 25.1 Å². The zero-order chi connectivity index (χ0) is 11.4. The Balaban J connectivity index is 2.66. The fourth-order valence-corrected chi connectivity index (χ4v) is 1.24. The highest BCUT2D eigenvalue weighted by molar-refractivity contribution is 6.42. The Kier molecular flexibility index (Phi) is 4.24. The van der Waals surface area contributed by atoms with E-state index in [4.69, 9.17) is 33.7 Å². The fourth-order valence-electron chi connectivity index (χ4n) is 0.892. The fraction of sp³-hybridized carbons (Fsp3) is 0.300. The molecule has 3 nitrogen and oxygen atoms in total. The van der Waals surface area contributed by atoms with Crippen LogP contribution in [0.3, 0.4) is 0 Å². The van der Waals surface area contributed by atoms with Crippen molar-refractivity contribution < 1.29 is 9.53 Å². The molecule has 1 atom stereocenters. The van der Waals surface area contributed by atoms with Crippen molar-refractivity contribution in [3.8, 4) is 5.75 Å². The second-order valence-corrected chi connectivity index (χ2v) is 3.95. The van der Waals surface area contributed by atoms with Gasteiger partial charge in [0, 0.05) is 0 Å². The number of ether oxygens (including phenoxy) is 1. The molecule has 0 heterocycles. The number of carbonyl (C=O) groups is 1. The zero-order valence-electron chi connectivity index (χ0n) is 8.17. The Labute approximate surface area is 98.1 Å². The van der Waals surface area contributed by atoms with Crippen LogP contribution in [0.4, 0.5) is 0 Å². The summed E-state index contributed by atoms with van der Waals surface area (Å²) in [5.41, 5.74) is 5.09. The first-order valence-corrected chi connectivity index (χ1v) is 5.14. The van der Waals surface area contributed by atoms with Crippen molar-refractivity contribution in [3.63, 3.8) is 0 Å². The van der Waals surface area contributed by atoms with E-state index in [1.165, 1.54) is 0 Å². The lowest BCUT2D eigenvalue weighted by atomic mass is 10.2. The first-order chi connectivity index (χ1) is 7.02. The van der Waals surface area contributed by atoms with E-state index >= 15 is 0 Å². The van der Waals surface area contributed by atoms with Gasteiger partial charge in [-0.2, -0.15) is 0 Å². The Morgan fingerprint density at radius 3 is 2.80 bits per heavy atom.